The van der Waals surface area contributed by atoms with E-state index in [1.54, 1.807) is 0 Å². The molecule has 0 saturated carbocycles. The van der Waals surface area contributed by atoms with Crippen molar-refractivity contribution in [2.24, 2.45) is 5.73 Å². The van der Waals surface area contributed by atoms with Gasteiger partial charge in [-0.3, -0.25) is 0 Å². The Balaban J connectivity index is 2.82. The number of nitrogen functional groups attached to an aromatic ring is 1. The number of aryl methyl sites for hydroxylation is 1. The molecule has 0 aliphatic heterocycles. The number of hydrogen-bond acceptors (Lipinski definition) is 2. The minimum atomic E-state index is 0.562. The monoisotopic (exact) mass is 189 g/mol. The molecule has 1 heterocycles. The van der Waals surface area contributed by atoms with Crippen LogP contribution in [0.1, 0.15) is 12.5 Å². The SMILES string of the molecule is CCn1cc(CN)c2cccc(N)c21. The van der Waals surface area contributed by atoms with Crippen molar-refractivity contribution >= 4 is 16.6 Å². The van der Waals surface area contributed by atoms with Crippen LogP contribution in [0.15, 0.2) is 24.4 Å². The summed E-state index contributed by atoms with van der Waals surface area (Å²) in [6, 6.07) is 5.96. The minimum Gasteiger partial charge on any atom is -0.397 e. The predicted molar refractivity (Wildman–Crippen MR) is 59.9 cm³/mol. The molecule has 0 spiro atoms. The molecule has 3 nitrogen and oxygen atoms in total. The van der Waals surface area contributed by atoms with E-state index in [0.29, 0.717) is 6.54 Å². The molecule has 4 N–H and O–H groups in total. The van der Waals surface area contributed by atoms with Gasteiger partial charge in [0.2, 0.25) is 0 Å². The van der Waals surface area contributed by atoms with Crippen molar-refractivity contribution in [2.45, 2.75) is 20.0 Å². The van der Waals surface area contributed by atoms with Gasteiger partial charge in [0.1, 0.15) is 0 Å². The number of aromatic nitrogens is 1. The molecular formula is C11H15N3. The Hall–Kier alpha value is -1.48. The van der Waals surface area contributed by atoms with Crippen molar-refractivity contribution < 1.29 is 0 Å². The lowest BCUT2D eigenvalue weighted by molar-refractivity contribution is 0.793. The molecule has 14 heavy (non-hydrogen) atoms. The lowest BCUT2D eigenvalue weighted by Crippen LogP contribution is -1.95. The minimum absolute atomic E-state index is 0.562. The fourth-order valence-electron chi connectivity index (χ4n) is 1.88. The molecule has 2 rings (SSSR count). The van der Waals surface area contributed by atoms with Gasteiger partial charge >= 0.3 is 0 Å². The van der Waals surface area contributed by atoms with Gasteiger partial charge in [-0.25, -0.2) is 0 Å². The Morgan fingerprint density at radius 1 is 1.36 bits per heavy atom. The van der Waals surface area contributed by atoms with Crippen LogP contribution in [0, 0.1) is 0 Å². The Morgan fingerprint density at radius 2 is 2.14 bits per heavy atom. The number of benzene rings is 1. The zero-order valence-electron chi connectivity index (χ0n) is 8.33. The summed E-state index contributed by atoms with van der Waals surface area (Å²) in [4.78, 5) is 0. The summed E-state index contributed by atoms with van der Waals surface area (Å²) in [6.45, 7) is 3.59. The van der Waals surface area contributed by atoms with Crippen molar-refractivity contribution in [2.75, 3.05) is 5.73 Å². The maximum Gasteiger partial charge on any atom is 0.0717 e. The van der Waals surface area contributed by atoms with E-state index < -0.39 is 0 Å². The third kappa shape index (κ3) is 1.17. The summed E-state index contributed by atoms with van der Waals surface area (Å²) in [5.41, 5.74) is 14.7. The Bertz CT molecular complexity index is 457. The lowest BCUT2D eigenvalue weighted by Gasteiger charge is -2.02. The van der Waals surface area contributed by atoms with Crippen molar-refractivity contribution in [3.05, 3.63) is 30.0 Å². The first kappa shape index (κ1) is 9.09. The molecule has 1 aromatic heterocycles. The molecule has 3 heteroatoms. The molecule has 0 radical (unpaired) electrons. The molecule has 2 aromatic rings. The number of hydrogen-bond donors (Lipinski definition) is 2. The maximum absolute atomic E-state index is 5.94. The summed E-state index contributed by atoms with van der Waals surface area (Å²) < 4.78 is 2.15. The zero-order chi connectivity index (χ0) is 10.1. The smallest absolute Gasteiger partial charge is 0.0717 e. The standard InChI is InChI=1S/C11H15N3/c1-2-14-7-8(6-12)9-4-3-5-10(13)11(9)14/h3-5,7H,2,6,12-13H2,1H3. The van der Waals surface area contributed by atoms with Crippen molar-refractivity contribution in [3.8, 4) is 0 Å². The highest BCUT2D eigenvalue weighted by Gasteiger charge is 2.07. The maximum atomic E-state index is 5.94. The van der Waals surface area contributed by atoms with E-state index in [2.05, 4.69) is 23.8 Å². The highest BCUT2D eigenvalue weighted by Crippen LogP contribution is 2.25. The average molecular weight is 189 g/mol. The van der Waals surface area contributed by atoms with Gasteiger partial charge in [-0.2, -0.15) is 0 Å². The van der Waals surface area contributed by atoms with Crippen LogP contribution in [0.5, 0.6) is 0 Å². The molecule has 1 aromatic carbocycles. The molecule has 0 bridgehead atoms. The normalized spacial score (nSPS) is 11.0. The molecular weight excluding hydrogens is 174 g/mol. The quantitative estimate of drug-likeness (QED) is 0.706. The third-order valence-electron chi connectivity index (χ3n) is 2.57. The molecule has 0 atom stereocenters. The van der Waals surface area contributed by atoms with Gasteiger partial charge < -0.3 is 16.0 Å². The number of anilines is 1. The van der Waals surface area contributed by atoms with Gasteiger partial charge in [-0.1, -0.05) is 12.1 Å². The fraction of sp³-hybridized carbons (Fsp3) is 0.273. The fourth-order valence-corrected chi connectivity index (χ4v) is 1.88. The van der Waals surface area contributed by atoms with Crippen molar-refractivity contribution in [1.29, 1.82) is 0 Å². The highest BCUT2D eigenvalue weighted by atomic mass is 15.0. The van der Waals surface area contributed by atoms with Crippen LogP contribution in [0.3, 0.4) is 0 Å². The van der Waals surface area contributed by atoms with Crippen molar-refractivity contribution in [3.63, 3.8) is 0 Å². The number of nitrogens with two attached hydrogens (primary N) is 2. The molecule has 0 aliphatic carbocycles. The van der Waals surface area contributed by atoms with Crippen LogP contribution in [-0.4, -0.2) is 4.57 Å². The first-order valence-electron chi connectivity index (χ1n) is 4.84. The van der Waals surface area contributed by atoms with Gasteiger partial charge in [0.15, 0.2) is 0 Å². The Labute approximate surface area is 83.3 Å². The van der Waals surface area contributed by atoms with E-state index in [1.807, 2.05) is 12.1 Å². The molecule has 0 fully saturated rings. The van der Waals surface area contributed by atoms with Crippen LogP contribution in [0.25, 0.3) is 10.9 Å². The summed E-state index contributed by atoms with van der Waals surface area (Å²) in [5, 5.41) is 1.18. The second kappa shape index (κ2) is 3.35. The molecule has 0 aliphatic rings. The van der Waals surface area contributed by atoms with E-state index in [-0.39, 0.29) is 0 Å². The van der Waals surface area contributed by atoms with Gasteiger partial charge in [-0.15, -0.1) is 0 Å². The number of nitrogens with zero attached hydrogens (tertiary/aromatic N) is 1. The first-order chi connectivity index (χ1) is 6.77. The van der Waals surface area contributed by atoms with Gasteiger partial charge in [0, 0.05) is 24.7 Å². The second-order valence-corrected chi connectivity index (χ2v) is 3.39. The largest absolute Gasteiger partial charge is 0.397 e. The molecule has 0 unspecified atom stereocenters. The third-order valence-corrected chi connectivity index (χ3v) is 2.57. The highest BCUT2D eigenvalue weighted by molar-refractivity contribution is 5.93. The topological polar surface area (TPSA) is 57.0 Å². The summed E-state index contributed by atoms with van der Waals surface area (Å²) >= 11 is 0. The summed E-state index contributed by atoms with van der Waals surface area (Å²) in [6.07, 6.45) is 2.08. The van der Waals surface area contributed by atoms with Gasteiger partial charge in [0.25, 0.3) is 0 Å². The van der Waals surface area contributed by atoms with E-state index in [9.17, 15) is 0 Å². The summed E-state index contributed by atoms with van der Waals surface area (Å²) in [5.74, 6) is 0. The Morgan fingerprint density at radius 3 is 2.79 bits per heavy atom. The van der Waals surface area contributed by atoms with Crippen LogP contribution in [0.2, 0.25) is 0 Å². The summed E-state index contributed by atoms with van der Waals surface area (Å²) in [7, 11) is 0. The second-order valence-electron chi connectivity index (χ2n) is 3.39. The lowest BCUT2D eigenvalue weighted by atomic mass is 10.1. The molecule has 0 amide bonds. The van der Waals surface area contributed by atoms with E-state index in [4.69, 9.17) is 11.5 Å². The van der Waals surface area contributed by atoms with E-state index in [1.165, 1.54) is 5.39 Å². The predicted octanol–water partition coefficient (Wildman–Crippen LogP) is 1.70. The van der Waals surface area contributed by atoms with Crippen LogP contribution < -0.4 is 11.5 Å². The van der Waals surface area contributed by atoms with Crippen LogP contribution >= 0.6 is 0 Å². The van der Waals surface area contributed by atoms with Crippen LogP contribution in [0.4, 0.5) is 5.69 Å². The zero-order valence-corrected chi connectivity index (χ0v) is 8.33. The van der Waals surface area contributed by atoms with Gasteiger partial charge in [-0.05, 0) is 18.6 Å². The Kier molecular flexibility index (Phi) is 2.17. The van der Waals surface area contributed by atoms with Gasteiger partial charge in [0.05, 0.1) is 11.2 Å². The number of para-hydroxylation sites is 1. The first-order valence-corrected chi connectivity index (χ1v) is 4.84. The number of fused-ring (bicyclic) bond motifs is 1. The molecule has 0 saturated heterocycles. The van der Waals surface area contributed by atoms with E-state index >= 15 is 0 Å². The van der Waals surface area contributed by atoms with E-state index in [0.717, 1.165) is 23.3 Å². The number of rotatable bonds is 2. The van der Waals surface area contributed by atoms with Crippen molar-refractivity contribution in [1.82, 2.24) is 4.57 Å². The molecule has 74 valence electrons. The average Bonchev–Trinajstić information content (AvgIpc) is 2.57. The van der Waals surface area contributed by atoms with Crippen LogP contribution in [-0.2, 0) is 13.1 Å².